The summed E-state index contributed by atoms with van der Waals surface area (Å²) in [6, 6.07) is 5.78. The van der Waals surface area contributed by atoms with Gasteiger partial charge in [-0.2, -0.15) is 13.2 Å². The molecule has 2 aliphatic rings. The molecule has 1 aromatic rings. The predicted octanol–water partition coefficient (Wildman–Crippen LogP) is 2.82. The van der Waals surface area contributed by atoms with Gasteiger partial charge in [0.1, 0.15) is 6.04 Å². The van der Waals surface area contributed by atoms with Crippen LogP contribution in [0.4, 0.5) is 13.2 Å². The lowest BCUT2D eigenvalue weighted by Crippen LogP contribution is -2.50. The Morgan fingerprint density at radius 3 is 2.68 bits per heavy atom. The molecule has 2 atom stereocenters. The number of likely N-dealkylation sites (tertiary alicyclic amines) is 1. The molecule has 1 aromatic carbocycles. The Hall–Kier alpha value is -1.64. The number of piperidine rings is 1. The van der Waals surface area contributed by atoms with Crippen LogP contribution in [-0.4, -0.2) is 42.0 Å². The van der Waals surface area contributed by atoms with Gasteiger partial charge in [0, 0.05) is 31.7 Å². The molecule has 156 valence electrons. The third-order valence-corrected chi connectivity index (χ3v) is 5.53. The van der Waals surface area contributed by atoms with Crippen LogP contribution in [0.1, 0.15) is 50.2 Å². The van der Waals surface area contributed by atoms with E-state index in [4.69, 9.17) is 0 Å². The van der Waals surface area contributed by atoms with Crippen LogP contribution in [0.2, 0.25) is 0 Å². The zero-order valence-corrected chi connectivity index (χ0v) is 16.2. The molecule has 0 saturated carbocycles. The number of hydrazine groups is 1. The van der Waals surface area contributed by atoms with Crippen LogP contribution in [0, 0.1) is 0 Å². The molecule has 3 N–H and O–H groups in total. The summed E-state index contributed by atoms with van der Waals surface area (Å²) in [5.74, 6) is 0.0300. The summed E-state index contributed by atoms with van der Waals surface area (Å²) in [5, 5.41) is 3.12. The Morgan fingerprint density at radius 2 is 2.00 bits per heavy atom. The van der Waals surface area contributed by atoms with Crippen LogP contribution in [0.15, 0.2) is 24.3 Å². The van der Waals surface area contributed by atoms with E-state index in [0.717, 1.165) is 51.3 Å². The molecular formula is C20H29F3N4O. The molecule has 2 heterocycles. The summed E-state index contributed by atoms with van der Waals surface area (Å²) in [5.41, 5.74) is 6.31. The molecule has 0 aromatic heterocycles. The summed E-state index contributed by atoms with van der Waals surface area (Å²) in [4.78, 5) is 14.6. The van der Waals surface area contributed by atoms with Gasteiger partial charge in [0.05, 0.1) is 5.56 Å². The number of hydrogen-bond donors (Lipinski definition) is 3. The molecule has 2 fully saturated rings. The van der Waals surface area contributed by atoms with E-state index in [1.807, 2.05) is 0 Å². The third-order valence-electron chi connectivity index (χ3n) is 5.53. The minimum absolute atomic E-state index is 0.0300. The Balaban J connectivity index is 1.43. The van der Waals surface area contributed by atoms with E-state index in [1.165, 1.54) is 12.1 Å². The second kappa shape index (κ2) is 9.24. The van der Waals surface area contributed by atoms with Crippen molar-refractivity contribution in [3.05, 3.63) is 35.4 Å². The molecular weight excluding hydrogens is 369 g/mol. The van der Waals surface area contributed by atoms with E-state index < -0.39 is 11.7 Å². The first-order valence-electron chi connectivity index (χ1n) is 10.0. The average Bonchev–Trinajstić information content (AvgIpc) is 3.12. The van der Waals surface area contributed by atoms with E-state index in [0.29, 0.717) is 18.2 Å². The van der Waals surface area contributed by atoms with E-state index in [2.05, 4.69) is 28.0 Å². The molecule has 2 aliphatic heterocycles. The third kappa shape index (κ3) is 5.68. The lowest BCUT2D eigenvalue weighted by Gasteiger charge is -2.33. The highest BCUT2D eigenvalue weighted by atomic mass is 19.4. The maximum atomic E-state index is 12.9. The highest BCUT2D eigenvalue weighted by molar-refractivity contribution is 5.82. The summed E-state index contributed by atoms with van der Waals surface area (Å²) in [6.45, 7) is 4.14. The lowest BCUT2D eigenvalue weighted by molar-refractivity contribution is -0.137. The van der Waals surface area contributed by atoms with Crippen LogP contribution >= 0.6 is 0 Å². The van der Waals surface area contributed by atoms with Gasteiger partial charge < -0.3 is 5.32 Å². The molecule has 0 bridgehead atoms. The van der Waals surface area contributed by atoms with Crippen LogP contribution in [0.3, 0.4) is 0 Å². The van der Waals surface area contributed by atoms with Crippen molar-refractivity contribution in [1.82, 2.24) is 21.1 Å². The molecule has 5 nitrogen and oxygen atoms in total. The number of hydrogen-bond acceptors (Lipinski definition) is 4. The number of amides is 1. The molecule has 0 spiro atoms. The van der Waals surface area contributed by atoms with Crippen LogP contribution in [0.5, 0.6) is 0 Å². The van der Waals surface area contributed by atoms with Gasteiger partial charge in [0.25, 0.3) is 0 Å². The van der Waals surface area contributed by atoms with Crippen molar-refractivity contribution < 1.29 is 18.0 Å². The Morgan fingerprint density at radius 1 is 1.25 bits per heavy atom. The van der Waals surface area contributed by atoms with Crippen molar-refractivity contribution in [3.8, 4) is 0 Å². The van der Waals surface area contributed by atoms with E-state index in [1.54, 1.807) is 6.07 Å². The number of halogens is 3. The number of benzene rings is 1. The van der Waals surface area contributed by atoms with Crippen molar-refractivity contribution in [2.75, 3.05) is 13.1 Å². The van der Waals surface area contributed by atoms with Gasteiger partial charge in [0.2, 0.25) is 5.91 Å². The minimum Gasteiger partial charge on any atom is -0.352 e. The zero-order valence-electron chi connectivity index (χ0n) is 16.2. The quantitative estimate of drug-likeness (QED) is 0.690. The van der Waals surface area contributed by atoms with E-state index in [-0.39, 0.29) is 18.0 Å². The molecule has 0 aliphatic carbocycles. The van der Waals surface area contributed by atoms with Gasteiger partial charge in [-0.05, 0) is 37.3 Å². The number of nitrogens with one attached hydrogen (secondary N) is 3. The number of rotatable bonds is 6. The molecule has 2 unspecified atom stereocenters. The second-order valence-corrected chi connectivity index (χ2v) is 7.82. The highest BCUT2D eigenvalue weighted by Gasteiger charge is 2.32. The number of carbonyl (C=O) groups excluding carboxylic acids is 1. The molecule has 0 radical (unpaired) electrons. The number of carbonyl (C=O) groups is 1. The predicted molar refractivity (Wildman–Crippen MR) is 101 cm³/mol. The zero-order chi connectivity index (χ0) is 20.1. The van der Waals surface area contributed by atoms with Gasteiger partial charge in [-0.3, -0.25) is 15.1 Å². The lowest BCUT2D eigenvalue weighted by atomic mass is 10.0. The molecule has 8 heteroatoms. The fourth-order valence-corrected chi connectivity index (χ4v) is 3.97. The molecule has 1 amide bonds. The standard InChI is InChI=1S/C20H29F3N4O/c1-2-4-17-12-18(26-25-17)19(28)24-16-7-9-27(10-8-16)13-14-5-3-6-15(11-14)20(21,22)23/h3,5-6,11,16-18,25-26H,2,4,7-10,12-13H2,1H3,(H,24,28). The fraction of sp³-hybridized carbons (Fsp3) is 0.650. The maximum absolute atomic E-state index is 12.9. The topological polar surface area (TPSA) is 56.4 Å². The SMILES string of the molecule is CCCC1CC(C(=O)NC2CCN(Cc3cccc(C(F)(F)F)c3)CC2)NN1. The average molecular weight is 398 g/mol. The first-order valence-corrected chi connectivity index (χ1v) is 10.0. The first-order chi connectivity index (χ1) is 13.3. The van der Waals surface area contributed by atoms with Crippen molar-refractivity contribution in [3.63, 3.8) is 0 Å². The second-order valence-electron chi connectivity index (χ2n) is 7.82. The number of alkyl halides is 3. The van der Waals surface area contributed by atoms with Crippen molar-refractivity contribution in [2.45, 2.75) is 69.9 Å². The van der Waals surface area contributed by atoms with E-state index in [9.17, 15) is 18.0 Å². The molecule has 2 saturated heterocycles. The molecule has 3 rings (SSSR count). The normalized spacial score (nSPS) is 24.4. The van der Waals surface area contributed by atoms with Crippen molar-refractivity contribution in [1.29, 1.82) is 0 Å². The monoisotopic (exact) mass is 398 g/mol. The van der Waals surface area contributed by atoms with Crippen LogP contribution in [-0.2, 0) is 17.5 Å². The largest absolute Gasteiger partial charge is 0.416 e. The highest BCUT2D eigenvalue weighted by Crippen LogP contribution is 2.30. The van der Waals surface area contributed by atoms with Gasteiger partial charge in [-0.15, -0.1) is 0 Å². The minimum atomic E-state index is -4.31. The van der Waals surface area contributed by atoms with Crippen molar-refractivity contribution in [2.24, 2.45) is 0 Å². The van der Waals surface area contributed by atoms with Gasteiger partial charge in [-0.25, -0.2) is 5.43 Å². The van der Waals surface area contributed by atoms with Crippen molar-refractivity contribution >= 4 is 5.91 Å². The Kier molecular flexibility index (Phi) is 6.95. The summed E-state index contributed by atoms with van der Waals surface area (Å²) >= 11 is 0. The molecule has 28 heavy (non-hydrogen) atoms. The first kappa shape index (κ1) is 21.1. The summed E-state index contributed by atoms with van der Waals surface area (Å²) in [6.07, 6.45) is 0.232. The van der Waals surface area contributed by atoms with Gasteiger partial charge >= 0.3 is 6.18 Å². The summed E-state index contributed by atoms with van der Waals surface area (Å²) in [7, 11) is 0. The maximum Gasteiger partial charge on any atom is 0.416 e. The van der Waals surface area contributed by atoms with Gasteiger partial charge in [-0.1, -0.05) is 31.5 Å². The Labute approximate surface area is 164 Å². The fourth-order valence-electron chi connectivity index (χ4n) is 3.97. The van der Waals surface area contributed by atoms with E-state index >= 15 is 0 Å². The smallest absolute Gasteiger partial charge is 0.352 e. The Bertz CT molecular complexity index is 659. The van der Waals surface area contributed by atoms with Crippen LogP contribution < -0.4 is 16.2 Å². The van der Waals surface area contributed by atoms with Gasteiger partial charge in [0.15, 0.2) is 0 Å². The van der Waals surface area contributed by atoms with Crippen LogP contribution in [0.25, 0.3) is 0 Å². The summed E-state index contributed by atoms with van der Waals surface area (Å²) < 4.78 is 38.6. The number of nitrogens with zero attached hydrogens (tertiary/aromatic N) is 1.